The van der Waals surface area contributed by atoms with Crippen molar-refractivity contribution in [1.82, 2.24) is 10.3 Å². The smallest absolute Gasteiger partial charge is 0.0541 e. The van der Waals surface area contributed by atoms with E-state index in [1.807, 2.05) is 18.3 Å². The van der Waals surface area contributed by atoms with Crippen molar-refractivity contribution in [2.45, 2.75) is 45.6 Å². The zero-order valence-corrected chi connectivity index (χ0v) is 10.2. The molecular weight excluding hydrogens is 196 g/mol. The molecule has 1 aromatic heterocycles. The number of hydrogen-bond acceptors (Lipinski definition) is 2. The average Bonchev–Trinajstić information content (AvgIpc) is 2.31. The minimum absolute atomic E-state index is 0.521. The van der Waals surface area contributed by atoms with Gasteiger partial charge in [0.2, 0.25) is 0 Å². The summed E-state index contributed by atoms with van der Waals surface area (Å²) in [5.74, 6) is 0. The monoisotopic (exact) mass is 218 g/mol. The quantitative estimate of drug-likeness (QED) is 0.839. The van der Waals surface area contributed by atoms with E-state index in [4.69, 9.17) is 0 Å². The van der Waals surface area contributed by atoms with Gasteiger partial charge in [-0.1, -0.05) is 32.3 Å². The fourth-order valence-electron chi connectivity index (χ4n) is 2.58. The zero-order valence-electron chi connectivity index (χ0n) is 10.2. The lowest BCUT2D eigenvalue weighted by Gasteiger charge is -2.33. The maximum Gasteiger partial charge on any atom is 0.0541 e. The van der Waals surface area contributed by atoms with Crippen molar-refractivity contribution >= 4 is 0 Å². The standard InChI is InChI=1S/C14H22N2/c1-14(8-4-2-5-9-14)12-15-11-13-7-3-6-10-16-13/h3,6-7,10,15H,2,4-5,8-9,11-12H2,1H3. The summed E-state index contributed by atoms with van der Waals surface area (Å²) in [6.45, 7) is 4.44. The van der Waals surface area contributed by atoms with Crippen LogP contribution in [0.15, 0.2) is 24.4 Å². The highest BCUT2D eigenvalue weighted by atomic mass is 14.9. The largest absolute Gasteiger partial charge is 0.311 e. The van der Waals surface area contributed by atoms with Crippen LogP contribution in [-0.4, -0.2) is 11.5 Å². The second-order valence-corrected chi connectivity index (χ2v) is 5.30. The summed E-state index contributed by atoms with van der Waals surface area (Å²) < 4.78 is 0. The van der Waals surface area contributed by atoms with Gasteiger partial charge in [0, 0.05) is 19.3 Å². The summed E-state index contributed by atoms with van der Waals surface area (Å²) in [6.07, 6.45) is 8.85. The van der Waals surface area contributed by atoms with E-state index in [1.165, 1.54) is 32.1 Å². The SMILES string of the molecule is CC1(CNCc2ccccn2)CCCCC1. The van der Waals surface area contributed by atoms with Gasteiger partial charge in [-0.3, -0.25) is 4.98 Å². The molecule has 1 aromatic rings. The van der Waals surface area contributed by atoms with Crippen LogP contribution in [0.2, 0.25) is 0 Å². The Morgan fingerprint density at radius 3 is 2.75 bits per heavy atom. The molecule has 0 saturated heterocycles. The molecule has 1 aliphatic rings. The second kappa shape index (κ2) is 5.44. The minimum Gasteiger partial charge on any atom is -0.311 e. The van der Waals surface area contributed by atoms with Crippen LogP contribution in [0.25, 0.3) is 0 Å². The number of rotatable bonds is 4. The second-order valence-electron chi connectivity index (χ2n) is 5.30. The van der Waals surface area contributed by atoms with E-state index in [-0.39, 0.29) is 0 Å². The van der Waals surface area contributed by atoms with Gasteiger partial charge in [-0.25, -0.2) is 0 Å². The van der Waals surface area contributed by atoms with Gasteiger partial charge in [-0.15, -0.1) is 0 Å². The molecule has 88 valence electrons. The lowest BCUT2D eigenvalue weighted by atomic mass is 9.76. The molecule has 1 heterocycles. The topological polar surface area (TPSA) is 24.9 Å². The summed E-state index contributed by atoms with van der Waals surface area (Å²) in [4.78, 5) is 4.32. The first-order chi connectivity index (χ1) is 7.79. The number of nitrogens with zero attached hydrogens (tertiary/aromatic N) is 1. The highest BCUT2D eigenvalue weighted by Crippen LogP contribution is 2.34. The number of nitrogens with one attached hydrogen (secondary N) is 1. The summed E-state index contributed by atoms with van der Waals surface area (Å²) in [5.41, 5.74) is 1.66. The molecule has 1 N–H and O–H groups in total. The van der Waals surface area contributed by atoms with Gasteiger partial charge in [0.15, 0.2) is 0 Å². The Labute approximate surface area is 98.5 Å². The Balaban J connectivity index is 1.75. The zero-order chi connectivity index (χ0) is 11.3. The molecule has 2 nitrogen and oxygen atoms in total. The first kappa shape index (κ1) is 11.6. The molecule has 0 spiro atoms. The Morgan fingerprint density at radius 1 is 1.25 bits per heavy atom. The van der Waals surface area contributed by atoms with E-state index in [2.05, 4.69) is 23.3 Å². The highest BCUT2D eigenvalue weighted by Gasteiger charge is 2.25. The van der Waals surface area contributed by atoms with Crippen molar-refractivity contribution in [2.75, 3.05) is 6.54 Å². The molecule has 1 aliphatic carbocycles. The van der Waals surface area contributed by atoms with Gasteiger partial charge >= 0.3 is 0 Å². The summed E-state index contributed by atoms with van der Waals surface area (Å²) in [5, 5.41) is 3.55. The third kappa shape index (κ3) is 3.31. The van der Waals surface area contributed by atoms with Crippen LogP contribution in [0, 0.1) is 5.41 Å². The molecule has 2 heteroatoms. The predicted molar refractivity (Wildman–Crippen MR) is 67.1 cm³/mol. The van der Waals surface area contributed by atoms with Gasteiger partial charge in [0.25, 0.3) is 0 Å². The van der Waals surface area contributed by atoms with Crippen LogP contribution in [0.1, 0.15) is 44.7 Å². The molecule has 1 fully saturated rings. The van der Waals surface area contributed by atoms with Crippen molar-refractivity contribution in [1.29, 1.82) is 0 Å². The highest BCUT2D eigenvalue weighted by molar-refractivity contribution is 5.03. The normalized spacial score (nSPS) is 19.6. The van der Waals surface area contributed by atoms with Crippen LogP contribution in [0.3, 0.4) is 0 Å². The van der Waals surface area contributed by atoms with Crippen molar-refractivity contribution < 1.29 is 0 Å². The van der Waals surface area contributed by atoms with Crippen molar-refractivity contribution in [3.05, 3.63) is 30.1 Å². The average molecular weight is 218 g/mol. The van der Waals surface area contributed by atoms with Crippen LogP contribution in [0.5, 0.6) is 0 Å². The molecule has 0 amide bonds. The van der Waals surface area contributed by atoms with E-state index in [0.717, 1.165) is 18.8 Å². The summed E-state index contributed by atoms with van der Waals surface area (Å²) in [7, 11) is 0. The van der Waals surface area contributed by atoms with Crippen LogP contribution in [-0.2, 0) is 6.54 Å². The molecule has 16 heavy (non-hydrogen) atoms. The van der Waals surface area contributed by atoms with Gasteiger partial charge in [0.1, 0.15) is 0 Å². The molecule has 2 rings (SSSR count). The molecule has 0 aliphatic heterocycles. The molecule has 0 atom stereocenters. The summed E-state index contributed by atoms with van der Waals surface area (Å²) >= 11 is 0. The number of aromatic nitrogens is 1. The van der Waals surface area contributed by atoms with E-state index in [0.29, 0.717) is 5.41 Å². The lowest BCUT2D eigenvalue weighted by molar-refractivity contribution is 0.207. The van der Waals surface area contributed by atoms with Crippen molar-refractivity contribution in [2.24, 2.45) is 5.41 Å². The maximum absolute atomic E-state index is 4.32. The maximum atomic E-state index is 4.32. The molecule has 1 saturated carbocycles. The Kier molecular flexibility index (Phi) is 3.94. The van der Waals surface area contributed by atoms with E-state index < -0.39 is 0 Å². The van der Waals surface area contributed by atoms with Crippen LogP contribution in [0.4, 0.5) is 0 Å². The molecule has 0 aromatic carbocycles. The van der Waals surface area contributed by atoms with E-state index in [1.54, 1.807) is 0 Å². The van der Waals surface area contributed by atoms with Crippen LogP contribution < -0.4 is 5.32 Å². The Bertz CT molecular complexity index is 302. The molecule has 0 bridgehead atoms. The first-order valence-electron chi connectivity index (χ1n) is 6.39. The molecule has 0 radical (unpaired) electrons. The third-order valence-electron chi connectivity index (χ3n) is 3.64. The van der Waals surface area contributed by atoms with Crippen molar-refractivity contribution in [3.8, 4) is 0 Å². The summed E-state index contributed by atoms with van der Waals surface area (Å²) in [6, 6.07) is 6.09. The van der Waals surface area contributed by atoms with Crippen molar-refractivity contribution in [3.63, 3.8) is 0 Å². The first-order valence-corrected chi connectivity index (χ1v) is 6.39. The Hall–Kier alpha value is -0.890. The molecular formula is C14H22N2. The van der Waals surface area contributed by atoms with Gasteiger partial charge in [-0.05, 0) is 30.4 Å². The minimum atomic E-state index is 0.521. The van der Waals surface area contributed by atoms with Gasteiger partial charge in [-0.2, -0.15) is 0 Å². The number of pyridine rings is 1. The molecule has 0 unspecified atom stereocenters. The Morgan fingerprint density at radius 2 is 2.06 bits per heavy atom. The predicted octanol–water partition coefficient (Wildman–Crippen LogP) is 3.14. The third-order valence-corrected chi connectivity index (χ3v) is 3.64. The fraction of sp³-hybridized carbons (Fsp3) is 0.643. The van der Waals surface area contributed by atoms with Gasteiger partial charge < -0.3 is 5.32 Å². The fourth-order valence-corrected chi connectivity index (χ4v) is 2.58. The van der Waals surface area contributed by atoms with E-state index in [9.17, 15) is 0 Å². The van der Waals surface area contributed by atoms with Gasteiger partial charge in [0.05, 0.1) is 5.69 Å². The van der Waals surface area contributed by atoms with E-state index >= 15 is 0 Å². The number of hydrogen-bond donors (Lipinski definition) is 1. The van der Waals surface area contributed by atoms with Crippen LogP contribution >= 0.6 is 0 Å². The lowest BCUT2D eigenvalue weighted by Crippen LogP contribution is -2.33.